The molecule has 0 aliphatic carbocycles. The van der Waals surface area contributed by atoms with Gasteiger partial charge < -0.3 is 0 Å². The zero-order valence-electron chi connectivity index (χ0n) is 12.1. The highest BCUT2D eigenvalue weighted by atomic mass is 127. The maximum Gasteiger partial charge on any atom is 0.114 e. The SMILES string of the molecule is Cc1ccc(-c2ccc(-c3ccc(/C=C/I)s3)c3nsnc23)s1. The number of aromatic nitrogens is 2. The Morgan fingerprint density at radius 1 is 0.870 bits per heavy atom. The number of thiophene rings is 2. The summed E-state index contributed by atoms with van der Waals surface area (Å²) in [6, 6.07) is 13.0. The second-order valence-corrected chi connectivity index (χ2v) is 8.68. The lowest BCUT2D eigenvalue weighted by Crippen LogP contribution is -1.81. The third-order valence-electron chi connectivity index (χ3n) is 3.54. The monoisotopic (exact) mass is 466 g/mol. The van der Waals surface area contributed by atoms with Crippen molar-refractivity contribution in [3.8, 4) is 20.9 Å². The molecule has 0 spiro atoms. The van der Waals surface area contributed by atoms with E-state index in [2.05, 4.69) is 80.7 Å². The lowest BCUT2D eigenvalue weighted by molar-refractivity contribution is 1.63. The van der Waals surface area contributed by atoms with Gasteiger partial charge >= 0.3 is 0 Å². The van der Waals surface area contributed by atoms with E-state index in [1.165, 1.54) is 42.4 Å². The van der Waals surface area contributed by atoms with Gasteiger partial charge in [0, 0.05) is 30.6 Å². The number of hydrogen-bond acceptors (Lipinski definition) is 5. The van der Waals surface area contributed by atoms with Gasteiger partial charge in [-0.25, -0.2) is 0 Å². The molecule has 0 aliphatic heterocycles. The van der Waals surface area contributed by atoms with E-state index in [0.29, 0.717) is 0 Å². The Balaban J connectivity index is 1.88. The fourth-order valence-corrected chi connectivity index (χ4v) is 5.53. The Labute approximate surface area is 160 Å². The first kappa shape index (κ1) is 15.4. The maximum atomic E-state index is 4.57. The summed E-state index contributed by atoms with van der Waals surface area (Å²) >= 11 is 7.12. The van der Waals surface area contributed by atoms with Gasteiger partial charge in [-0.3, -0.25) is 0 Å². The Morgan fingerprint density at radius 3 is 2.13 bits per heavy atom. The smallest absolute Gasteiger partial charge is 0.114 e. The second-order valence-electron chi connectivity index (χ2n) is 5.03. The van der Waals surface area contributed by atoms with E-state index < -0.39 is 0 Å². The lowest BCUT2D eigenvalue weighted by atomic mass is 10.1. The normalized spacial score (nSPS) is 11.7. The zero-order valence-corrected chi connectivity index (χ0v) is 16.7. The summed E-state index contributed by atoms with van der Waals surface area (Å²) < 4.78 is 11.2. The van der Waals surface area contributed by atoms with Gasteiger partial charge in [0.05, 0.1) is 11.7 Å². The van der Waals surface area contributed by atoms with Gasteiger partial charge in [0.1, 0.15) is 11.0 Å². The van der Waals surface area contributed by atoms with Crippen LogP contribution in [0.4, 0.5) is 0 Å². The molecular weight excluding hydrogens is 455 g/mol. The van der Waals surface area contributed by atoms with E-state index >= 15 is 0 Å². The molecule has 0 radical (unpaired) electrons. The zero-order chi connectivity index (χ0) is 15.8. The molecule has 3 aromatic heterocycles. The Hall–Kier alpha value is -1.09. The molecule has 0 fully saturated rings. The van der Waals surface area contributed by atoms with Gasteiger partial charge in [-0.05, 0) is 41.3 Å². The third kappa shape index (κ3) is 2.88. The topological polar surface area (TPSA) is 25.8 Å². The highest BCUT2D eigenvalue weighted by Crippen LogP contribution is 2.39. The Bertz CT molecular complexity index is 1010. The van der Waals surface area contributed by atoms with Crippen molar-refractivity contribution >= 4 is 74.1 Å². The molecule has 6 heteroatoms. The fraction of sp³-hybridized carbons (Fsp3) is 0.0588. The van der Waals surface area contributed by atoms with Crippen molar-refractivity contribution in [3.63, 3.8) is 0 Å². The van der Waals surface area contributed by atoms with Crippen molar-refractivity contribution < 1.29 is 0 Å². The first-order valence-electron chi connectivity index (χ1n) is 6.95. The summed E-state index contributed by atoms with van der Waals surface area (Å²) in [7, 11) is 0. The van der Waals surface area contributed by atoms with Crippen LogP contribution in [0.25, 0.3) is 38.0 Å². The quantitative estimate of drug-likeness (QED) is 0.308. The van der Waals surface area contributed by atoms with Crippen LogP contribution in [-0.4, -0.2) is 8.75 Å². The van der Waals surface area contributed by atoms with Crippen LogP contribution in [0.15, 0.2) is 40.5 Å². The van der Waals surface area contributed by atoms with E-state index in [1.807, 2.05) is 4.08 Å². The summed E-state index contributed by atoms with van der Waals surface area (Å²) in [6.07, 6.45) is 2.12. The molecule has 0 unspecified atom stereocenters. The molecule has 114 valence electrons. The standard InChI is InChI=1S/C17H11IN2S3/c1-10-2-6-14(21-10)12-4-5-13(17-16(12)19-23-20-17)15-7-3-11(22-15)8-9-18/h2-9H,1H3/b9-8+. The predicted octanol–water partition coefficient (Wildman–Crippen LogP) is 6.86. The van der Waals surface area contributed by atoms with Crippen LogP contribution in [0.2, 0.25) is 0 Å². The van der Waals surface area contributed by atoms with Crippen molar-refractivity contribution in [2.24, 2.45) is 0 Å². The van der Waals surface area contributed by atoms with Crippen LogP contribution in [0.5, 0.6) is 0 Å². The van der Waals surface area contributed by atoms with Gasteiger partial charge in [-0.15, -0.1) is 22.7 Å². The van der Waals surface area contributed by atoms with Gasteiger partial charge in [-0.2, -0.15) is 8.75 Å². The van der Waals surface area contributed by atoms with Crippen LogP contribution in [-0.2, 0) is 0 Å². The first-order chi connectivity index (χ1) is 11.3. The van der Waals surface area contributed by atoms with E-state index in [1.54, 1.807) is 22.7 Å². The molecule has 0 amide bonds. The van der Waals surface area contributed by atoms with Crippen molar-refractivity contribution in [2.75, 3.05) is 0 Å². The van der Waals surface area contributed by atoms with Gasteiger partial charge in [0.25, 0.3) is 0 Å². The summed E-state index contributed by atoms with van der Waals surface area (Å²) in [6.45, 7) is 2.13. The molecule has 0 N–H and O–H groups in total. The number of rotatable bonds is 3. The number of aryl methyl sites for hydroxylation is 1. The average Bonchev–Trinajstić information content (AvgIpc) is 3.26. The Kier molecular flexibility index (Phi) is 4.31. The number of nitrogens with zero attached hydrogens (tertiary/aromatic N) is 2. The van der Waals surface area contributed by atoms with Crippen LogP contribution in [0, 0.1) is 6.92 Å². The van der Waals surface area contributed by atoms with Crippen LogP contribution < -0.4 is 0 Å². The fourth-order valence-electron chi connectivity index (χ4n) is 2.49. The van der Waals surface area contributed by atoms with Crippen molar-refractivity contribution in [3.05, 3.63) is 50.2 Å². The molecule has 0 saturated carbocycles. The average molecular weight is 466 g/mol. The molecular formula is C17H11IN2S3. The summed E-state index contributed by atoms with van der Waals surface area (Å²) in [4.78, 5) is 5.06. The minimum atomic E-state index is 1.01. The Morgan fingerprint density at radius 2 is 1.52 bits per heavy atom. The highest BCUT2D eigenvalue weighted by Gasteiger charge is 2.15. The molecule has 4 rings (SSSR count). The van der Waals surface area contributed by atoms with E-state index in [9.17, 15) is 0 Å². The third-order valence-corrected chi connectivity index (χ3v) is 6.55. The molecule has 23 heavy (non-hydrogen) atoms. The number of halogens is 1. The van der Waals surface area contributed by atoms with E-state index in [4.69, 9.17) is 0 Å². The highest BCUT2D eigenvalue weighted by molar-refractivity contribution is 14.1. The van der Waals surface area contributed by atoms with Gasteiger partial charge in [0.15, 0.2) is 0 Å². The molecule has 0 bridgehead atoms. The number of fused-ring (bicyclic) bond motifs is 1. The van der Waals surface area contributed by atoms with Crippen molar-refractivity contribution in [1.82, 2.24) is 8.75 Å². The second kappa shape index (κ2) is 6.43. The molecule has 0 aliphatic rings. The molecule has 4 aromatic rings. The largest absolute Gasteiger partial charge is 0.172 e. The summed E-state index contributed by atoms with van der Waals surface area (Å²) in [5.41, 5.74) is 4.36. The van der Waals surface area contributed by atoms with Gasteiger partial charge in [0.2, 0.25) is 0 Å². The predicted molar refractivity (Wildman–Crippen MR) is 112 cm³/mol. The molecule has 3 heterocycles. The molecule has 0 saturated heterocycles. The molecule has 2 nitrogen and oxygen atoms in total. The molecule has 1 aromatic carbocycles. The van der Waals surface area contributed by atoms with Crippen LogP contribution in [0.1, 0.15) is 9.75 Å². The minimum Gasteiger partial charge on any atom is -0.172 e. The number of benzene rings is 1. The first-order valence-corrected chi connectivity index (χ1v) is 10.6. The van der Waals surface area contributed by atoms with E-state index in [-0.39, 0.29) is 0 Å². The number of hydrogen-bond donors (Lipinski definition) is 0. The van der Waals surface area contributed by atoms with E-state index in [0.717, 1.165) is 11.0 Å². The van der Waals surface area contributed by atoms with Crippen LogP contribution in [0.3, 0.4) is 0 Å². The van der Waals surface area contributed by atoms with Crippen molar-refractivity contribution in [1.29, 1.82) is 0 Å². The summed E-state index contributed by atoms with van der Waals surface area (Å²) in [5, 5.41) is 0. The lowest BCUT2D eigenvalue weighted by Gasteiger charge is -2.03. The minimum absolute atomic E-state index is 1.01. The van der Waals surface area contributed by atoms with Crippen LogP contribution >= 0.6 is 57.0 Å². The van der Waals surface area contributed by atoms with Crippen molar-refractivity contribution in [2.45, 2.75) is 6.92 Å². The maximum absolute atomic E-state index is 4.57. The summed E-state index contributed by atoms with van der Waals surface area (Å²) in [5.74, 6) is 0. The van der Waals surface area contributed by atoms with Gasteiger partial charge in [-0.1, -0.05) is 34.7 Å². The molecule has 0 atom stereocenters.